The van der Waals surface area contributed by atoms with E-state index in [1.165, 1.54) is 24.3 Å². The van der Waals surface area contributed by atoms with E-state index >= 15 is 0 Å². The third kappa shape index (κ3) is 4.95. The molecule has 0 unspecified atom stereocenters. The van der Waals surface area contributed by atoms with Gasteiger partial charge in [-0.2, -0.15) is 5.10 Å². The smallest absolute Gasteiger partial charge is 0.277 e. The first-order valence-corrected chi connectivity index (χ1v) is 7.62. The van der Waals surface area contributed by atoms with E-state index in [2.05, 4.69) is 26.5 Å². The number of hydrogen-bond donors (Lipinski definition) is 1. The Morgan fingerprint density at radius 1 is 1.48 bits per heavy atom. The van der Waals surface area contributed by atoms with Gasteiger partial charge in [0, 0.05) is 14.2 Å². The molecule has 0 radical (unpaired) electrons. The second kappa shape index (κ2) is 7.33. The van der Waals surface area contributed by atoms with Crippen LogP contribution in [0.4, 0.5) is 4.39 Å². The fourth-order valence-electron chi connectivity index (χ4n) is 1.43. The van der Waals surface area contributed by atoms with Crippen LogP contribution in [0.25, 0.3) is 0 Å². The third-order valence-corrected chi connectivity index (χ3v) is 4.51. The van der Waals surface area contributed by atoms with Gasteiger partial charge in [-0.3, -0.25) is 4.79 Å². The molecule has 4 nitrogen and oxygen atoms in total. The Labute approximate surface area is 133 Å². The Balaban J connectivity index is 1.78. The zero-order valence-corrected chi connectivity index (χ0v) is 13.5. The first kappa shape index (κ1) is 15.7. The molecule has 1 heterocycles. The molecular formula is C14H12BrFN2O2S. The number of halogens is 2. The number of benzene rings is 1. The van der Waals surface area contributed by atoms with Crippen molar-refractivity contribution < 1.29 is 13.9 Å². The molecule has 1 amide bonds. The molecule has 21 heavy (non-hydrogen) atoms. The lowest BCUT2D eigenvalue weighted by molar-refractivity contribution is -0.123. The normalized spacial score (nSPS) is 10.8. The van der Waals surface area contributed by atoms with Crippen LogP contribution in [0.1, 0.15) is 9.75 Å². The second-order valence-corrected chi connectivity index (χ2v) is 6.23. The van der Waals surface area contributed by atoms with Crippen molar-refractivity contribution in [2.24, 2.45) is 5.10 Å². The minimum atomic E-state index is -0.386. The van der Waals surface area contributed by atoms with Crippen molar-refractivity contribution in [2.75, 3.05) is 6.61 Å². The van der Waals surface area contributed by atoms with E-state index in [9.17, 15) is 9.18 Å². The number of amides is 1. The van der Waals surface area contributed by atoms with E-state index < -0.39 is 0 Å². The van der Waals surface area contributed by atoms with Gasteiger partial charge in [0.1, 0.15) is 11.6 Å². The first-order chi connectivity index (χ1) is 10.0. The van der Waals surface area contributed by atoms with Crippen molar-refractivity contribution in [1.82, 2.24) is 5.43 Å². The van der Waals surface area contributed by atoms with Gasteiger partial charge in [0.25, 0.3) is 5.91 Å². The van der Waals surface area contributed by atoms with Gasteiger partial charge in [-0.05, 0) is 53.2 Å². The summed E-state index contributed by atoms with van der Waals surface area (Å²) in [5.41, 5.74) is 2.36. The summed E-state index contributed by atoms with van der Waals surface area (Å²) in [7, 11) is 0. The van der Waals surface area contributed by atoms with Crippen molar-refractivity contribution in [3.8, 4) is 5.75 Å². The van der Waals surface area contributed by atoms with Gasteiger partial charge in [-0.25, -0.2) is 9.82 Å². The average Bonchev–Trinajstić information content (AvgIpc) is 2.77. The van der Waals surface area contributed by atoms with Gasteiger partial charge >= 0.3 is 0 Å². The number of nitrogens with one attached hydrogen (secondary N) is 1. The fraction of sp³-hybridized carbons (Fsp3) is 0.143. The molecule has 7 heteroatoms. The lowest BCUT2D eigenvalue weighted by atomic mass is 10.3. The van der Waals surface area contributed by atoms with E-state index in [4.69, 9.17) is 4.74 Å². The zero-order chi connectivity index (χ0) is 15.2. The SMILES string of the molecule is Cc1sc(C=NNC(=O)COc2ccc(F)cc2)cc1Br. The highest BCUT2D eigenvalue weighted by atomic mass is 79.9. The quantitative estimate of drug-likeness (QED) is 0.646. The molecule has 0 saturated heterocycles. The van der Waals surface area contributed by atoms with Crippen molar-refractivity contribution in [3.05, 3.63) is 50.4 Å². The highest BCUT2D eigenvalue weighted by molar-refractivity contribution is 9.10. The maximum absolute atomic E-state index is 12.7. The molecule has 110 valence electrons. The van der Waals surface area contributed by atoms with Gasteiger partial charge in [0.2, 0.25) is 0 Å². The molecule has 0 spiro atoms. The number of rotatable bonds is 5. The average molecular weight is 371 g/mol. The van der Waals surface area contributed by atoms with Crippen LogP contribution in [-0.4, -0.2) is 18.7 Å². The minimum absolute atomic E-state index is 0.184. The molecular weight excluding hydrogens is 359 g/mol. The number of nitrogens with zero attached hydrogens (tertiary/aromatic N) is 1. The van der Waals surface area contributed by atoms with Crippen LogP contribution in [0.5, 0.6) is 5.75 Å². The number of carbonyl (C=O) groups is 1. The van der Waals surface area contributed by atoms with Gasteiger partial charge in [-0.1, -0.05) is 0 Å². The highest BCUT2D eigenvalue weighted by Crippen LogP contribution is 2.24. The monoisotopic (exact) mass is 370 g/mol. The topological polar surface area (TPSA) is 50.7 Å². The maximum atomic E-state index is 12.7. The summed E-state index contributed by atoms with van der Waals surface area (Å²) in [5, 5.41) is 3.85. The van der Waals surface area contributed by atoms with Crippen LogP contribution in [-0.2, 0) is 4.79 Å². The predicted octanol–water partition coefficient (Wildman–Crippen LogP) is 3.49. The largest absolute Gasteiger partial charge is 0.484 e. The summed E-state index contributed by atoms with van der Waals surface area (Å²) in [4.78, 5) is 13.6. The molecule has 1 aromatic carbocycles. The molecule has 2 aromatic rings. The van der Waals surface area contributed by atoms with Gasteiger partial charge < -0.3 is 4.74 Å². The predicted molar refractivity (Wildman–Crippen MR) is 84.4 cm³/mol. The van der Waals surface area contributed by atoms with E-state index in [-0.39, 0.29) is 18.3 Å². The van der Waals surface area contributed by atoms with Crippen LogP contribution in [0.3, 0.4) is 0 Å². The van der Waals surface area contributed by atoms with Crippen molar-refractivity contribution in [3.63, 3.8) is 0 Å². The Bertz CT molecular complexity index is 636. The first-order valence-electron chi connectivity index (χ1n) is 6.01. The molecule has 2 rings (SSSR count). The summed E-state index contributed by atoms with van der Waals surface area (Å²) in [5.74, 6) is -0.315. The highest BCUT2D eigenvalue weighted by Gasteiger charge is 2.03. The van der Waals surface area contributed by atoms with Crippen LogP contribution in [0.2, 0.25) is 0 Å². The van der Waals surface area contributed by atoms with E-state index in [1.807, 2.05) is 13.0 Å². The number of thiophene rings is 1. The summed E-state index contributed by atoms with van der Waals surface area (Å²) in [6.07, 6.45) is 1.57. The summed E-state index contributed by atoms with van der Waals surface area (Å²) >= 11 is 4.97. The number of hydrazone groups is 1. The molecule has 0 atom stereocenters. The molecule has 1 aromatic heterocycles. The lowest BCUT2D eigenvalue weighted by Crippen LogP contribution is -2.24. The minimum Gasteiger partial charge on any atom is -0.484 e. The van der Waals surface area contributed by atoms with E-state index in [1.54, 1.807) is 17.6 Å². The number of ether oxygens (including phenoxy) is 1. The Morgan fingerprint density at radius 2 is 2.19 bits per heavy atom. The molecule has 1 N–H and O–H groups in total. The summed E-state index contributed by atoms with van der Waals surface area (Å²) in [6, 6.07) is 7.37. The van der Waals surface area contributed by atoms with Crippen LogP contribution in [0, 0.1) is 12.7 Å². The molecule has 0 saturated carbocycles. The maximum Gasteiger partial charge on any atom is 0.277 e. The Hall–Kier alpha value is -1.73. The molecule has 0 aliphatic carbocycles. The van der Waals surface area contributed by atoms with Gasteiger partial charge in [0.15, 0.2) is 6.61 Å². The summed E-state index contributed by atoms with van der Waals surface area (Å²) in [6.45, 7) is 1.80. The van der Waals surface area contributed by atoms with Crippen molar-refractivity contribution >= 4 is 39.4 Å². The standard InChI is InChI=1S/C14H12BrFN2O2S/c1-9-13(15)6-12(21-9)7-17-18-14(19)8-20-11-4-2-10(16)3-5-11/h2-7H,8H2,1H3,(H,18,19). The Morgan fingerprint density at radius 3 is 2.81 bits per heavy atom. The lowest BCUT2D eigenvalue weighted by Gasteiger charge is -2.04. The van der Waals surface area contributed by atoms with Crippen LogP contribution in [0.15, 0.2) is 39.9 Å². The van der Waals surface area contributed by atoms with Crippen molar-refractivity contribution in [1.29, 1.82) is 0 Å². The molecule has 0 fully saturated rings. The van der Waals surface area contributed by atoms with Crippen molar-refractivity contribution in [2.45, 2.75) is 6.92 Å². The molecule has 0 bridgehead atoms. The Kier molecular flexibility index (Phi) is 5.46. The van der Waals surface area contributed by atoms with Gasteiger partial charge in [0.05, 0.1) is 6.21 Å². The number of aryl methyl sites for hydroxylation is 1. The molecule has 0 aliphatic rings. The van der Waals surface area contributed by atoms with Crippen LogP contribution >= 0.6 is 27.3 Å². The van der Waals surface area contributed by atoms with Crippen LogP contribution < -0.4 is 10.2 Å². The van der Waals surface area contributed by atoms with E-state index in [0.29, 0.717) is 5.75 Å². The van der Waals surface area contributed by atoms with E-state index in [0.717, 1.165) is 14.2 Å². The fourth-order valence-corrected chi connectivity index (χ4v) is 2.86. The van der Waals surface area contributed by atoms with Gasteiger partial charge in [-0.15, -0.1) is 11.3 Å². The third-order valence-electron chi connectivity index (χ3n) is 2.44. The number of hydrogen-bond acceptors (Lipinski definition) is 4. The molecule has 0 aliphatic heterocycles. The second-order valence-electron chi connectivity index (χ2n) is 4.09. The number of carbonyl (C=O) groups excluding carboxylic acids is 1. The summed E-state index contributed by atoms with van der Waals surface area (Å²) < 4.78 is 18.9. The zero-order valence-electron chi connectivity index (χ0n) is 11.1.